The van der Waals surface area contributed by atoms with Crippen molar-refractivity contribution in [2.45, 2.75) is 6.54 Å². The maximum absolute atomic E-state index is 12.1. The number of nitriles is 1. The first-order valence-electron chi connectivity index (χ1n) is 7.48. The number of rotatable bonds is 6. The van der Waals surface area contributed by atoms with Gasteiger partial charge in [0.1, 0.15) is 17.4 Å². The molecule has 0 aliphatic heterocycles. The van der Waals surface area contributed by atoms with Gasteiger partial charge in [0.25, 0.3) is 5.91 Å². The van der Waals surface area contributed by atoms with Crippen LogP contribution in [-0.2, 0) is 11.3 Å². The lowest BCUT2D eigenvalue weighted by atomic mass is 10.1. The van der Waals surface area contributed by atoms with Gasteiger partial charge < -0.3 is 10.1 Å². The third kappa shape index (κ3) is 4.85. The standard InChI is InChI=1S/C20H18N2O2/c1-24-19-13-6-5-10-17(19)11-7-12-18(14-21)20(23)22-15-16-8-3-2-4-9-16/h2-13H,15H2,1H3,(H,22,23)/b11-7+,18-12-. The molecule has 4 heteroatoms. The summed E-state index contributed by atoms with van der Waals surface area (Å²) in [7, 11) is 1.60. The molecule has 0 saturated heterocycles. The minimum atomic E-state index is -0.397. The van der Waals surface area contributed by atoms with E-state index in [1.54, 1.807) is 19.3 Å². The zero-order valence-corrected chi connectivity index (χ0v) is 13.4. The number of para-hydroxylation sites is 1. The number of methoxy groups -OCH3 is 1. The van der Waals surface area contributed by atoms with Gasteiger partial charge in [0.05, 0.1) is 7.11 Å². The van der Waals surface area contributed by atoms with Crippen molar-refractivity contribution in [3.8, 4) is 11.8 Å². The molecule has 2 aromatic rings. The number of ether oxygens (including phenoxy) is 1. The molecule has 0 aliphatic rings. The monoisotopic (exact) mass is 318 g/mol. The first-order chi connectivity index (χ1) is 11.7. The maximum atomic E-state index is 12.1. The second-order valence-electron chi connectivity index (χ2n) is 4.96. The van der Waals surface area contributed by atoms with E-state index >= 15 is 0 Å². The van der Waals surface area contributed by atoms with Gasteiger partial charge in [-0.05, 0) is 17.7 Å². The third-order valence-corrected chi connectivity index (χ3v) is 3.34. The van der Waals surface area contributed by atoms with Crippen LogP contribution in [0.4, 0.5) is 0 Å². The number of amides is 1. The van der Waals surface area contributed by atoms with Crippen LogP contribution in [0, 0.1) is 11.3 Å². The number of carbonyl (C=O) groups excluding carboxylic acids is 1. The Bertz CT molecular complexity index is 787. The number of nitrogens with one attached hydrogen (secondary N) is 1. The van der Waals surface area contributed by atoms with E-state index in [9.17, 15) is 4.79 Å². The molecular formula is C20H18N2O2. The van der Waals surface area contributed by atoms with Crippen LogP contribution < -0.4 is 10.1 Å². The van der Waals surface area contributed by atoms with Crippen LogP contribution in [0.3, 0.4) is 0 Å². The second-order valence-corrected chi connectivity index (χ2v) is 4.96. The highest BCUT2D eigenvalue weighted by Gasteiger charge is 2.07. The van der Waals surface area contributed by atoms with Gasteiger partial charge in [0.2, 0.25) is 0 Å². The molecule has 0 radical (unpaired) electrons. The number of carbonyl (C=O) groups is 1. The quantitative estimate of drug-likeness (QED) is 0.504. The molecule has 1 amide bonds. The summed E-state index contributed by atoms with van der Waals surface area (Å²) in [6.45, 7) is 0.384. The van der Waals surface area contributed by atoms with Crippen molar-refractivity contribution in [2.24, 2.45) is 0 Å². The summed E-state index contributed by atoms with van der Waals surface area (Å²) in [5, 5.41) is 11.9. The number of hydrogen-bond acceptors (Lipinski definition) is 3. The highest BCUT2D eigenvalue weighted by atomic mass is 16.5. The Morgan fingerprint density at radius 3 is 2.58 bits per heavy atom. The molecule has 120 valence electrons. The zero-order valence-electron chi connectivity index (χ0n) is 13.4. The Morgan fingerprint density at radius 2 is 1.88 bits per heavy atom. The van der Waals surface area contributed by atoms with Gasteiger partial charge in [0.15, 0.2) is 0 Å². The summed E-state index contributed by atoms with van der Waals surface area (Å²) in [6.07, 6.45) is 4.95. The predicted molar refractivity (Wildman–Crippen MR) is 94.0 cm³/mol. The summed E-state index contributed by atoms with van der Waals surface area (Å²) in [5.41, 5.74) is 1.91. The van der Waals surface area contributed by atoms with E-state index < -0.39 is 5.91 Å². The van der Waals surface area contributed by atoms with Gasteiger partial charge >= 0.3 is 0 Å². The average molecular weight is 318 g/mol. The molecule has 0 saturated carbocycles. The van der Waals surface area contributed by atoms with Crippen molar-refractivity contribution < 1.29 is 9.53 Å². The molecule has 24 heavy (non-hydrogen) atoms. The van der Waals surface area contributed by atoms with Gasteiger partial charge in [-0.25, -0.2) is 0 Å². The molecule has 2 rings (SSSR count). The molecule has 1 N–H and O–H groups in total. The zero-order chi connectivity index (χ0) is 17.2. The van der Waals surface area contributed by atoms with Crippen LogP contribution >= 0.6 is 0 Å². The first-order valence-corrected chi connectivity index (χ1v) is 7.48. The first kappa shape index (κ1) is 17.0. The fourth-order valence-electron chi connectivity index (χ4n) is 2.09. The van der Waals surface area contributed by atoms with Gasteiger partial charge in [0, 0.05) is 12.1 Å². The fourth-order valence-corrected chi connectivity index (χ4v) is 2.09. The second kappa shape index (κ2) is 8.96. The Balaban J connectivity index is 2.02. The minimum Gasteiger partial charge on any atom is -0.496 e. The third-order valence-electron chi connectivity index (χ3n) is 3.34. The van der Waals surface area contributed by atoms with Crippen molar-refractivity contribution >= 4 is 12.0 Å². The van der Waals surface area contributed by atoms with Gasteiger partial charge in [-0.15, -0.1) is 0 Å². The Morgan fingerprint density at radius 1 is 1.17 bits per heavy atom. The predicted octanol–water partition coefficient (Wildman–Crippen LogP) is 3.47. The van der Waals surface area contributed by atoms with E-state index in [0.29, 0.717) is 6.54 Å². The lowest BCUT2D eigenvalue weighted by Gasteiger charge is -2.04. The van der Waals surface area contributed by atoms with Crippen molar-refractivity contribution in [2.75, 3.05) is 7.11 Å². The molecule has 0 unspecified atom stereocenters. The normalized spacial score (nSPS) is 11.1. The van der Waals surface area contributed by atoms with Crippen LogP contribution in [-0.4, -0.2) is 13.0 Å². The Kier molecular flexibility index (Phi) is 6.36. The molecule has 4 nitrogen and oxygen atoms in total. The van der Waals surface area contributed by atoms with E-state index in [-0.39, 0.29) is 5.57 Å². The topological polar surface area (TPSA) is 62.1 Å². The van der Waals surface area contributed by atoms with E-state index in [4.69, 9.17) is 10.00 Å². The summed E-state index contributed by atoms with van der Waals surface area (Å²) in [6, 6.07) is 19.0. The average Bonchev–Trinajstić information content (AvgIpc) is 2.64. The van der Waals surface area contributed by atoms with E-state index in [2.05, 4.69) is 5.32 Å². The van der Waals surface area contributed by atoms with Gasteiger partial charge in [-0.2, -0.15) is 5.26 Å². The lowest BCUT2D eigenvalue weighted by molar-refractivity contribution is -0.117. The number of nitrogens with zero attached hydrogens (tertiary/aromatic N) is 1. The molecule has 0 fully saturated rings. The van der Waals surface area contributed by atoms with E-state index in [1.165, 1.54) is 6.08 Å². The number of hydrogen-bond donors (Lipinski definition) is 1. The van der Waals surface area contributed by atoms with Crippen LogP contribution in [0.15, 0.2) is 72.3 Å². The van der Waals surface area contributed by atoms with Crippen molar-refractivity contribution in [3.63, 3.8) is 0 Å². The molecule has 0 heterocycles. The summed E-state index contributed by atoms with van der Waals surface area (Å²) in [5.74, 6) is 0.334. The van der Waals surface area contributed by atoms with Crippen LogP contribution in [0.5, 0.6) is 5.75 Å². The lowest BCUT2D eigenvalue weighted by Crippen LogP contribution is -2.23. The SMILES string of the molecule is COc1ccccc1/C=C/C=C(/C#N)C(=O)NCc1ccccc1. The molecule has 2 aromatic carbocycles. The molecule has 0 aliphatic carbocycles. The molecule has 0 spiro atoms. The van der Waals surface area contributed by atoms with Gasteiger partial charge in [-0.3, -0.25) is 4.79 Å². The van der Waals surface area contributed by atoms with Crippen molar-refractivity contribution in [3.05, 3.63) is 83.4 Å². The molecular weight excluding hydrogens is 300 g/mol. The van der Waals surface area contributed by atoms with Crippen LogP contribution in [0.1, 0.15) is 11.1 Å². The van der Waals surface area contributed by atoms with Crippen molar-refractivity contribution in [1.82, 2.24) is 5.32 Å². The molecule has 0 bridgehead atoms. The highest BCUT2D eigenvalue weighted by molar-refractivity contribution is 5.97. The minimum absolute atomic E-state index is 0.0529. The molecule has 0 aromatic heterocycles. The maximum Gasteiger partial charge on any atom is 0.262 e. The number of benzene rings is 2. The fraction of sp³-hybridized carbons (Fsp3) is 0.100. The largest absolute Gasteiger partial charge is 0.496 e. The van der Waals surface area contributed by atoms with Gasteiger partial charge in [-0.1, -0.05) is 60.7 Å². The number of allylic oxidation sites excluding steroid dienone is 2. The van der Waals surface area contributed by atoms with Crippen LogP contribution in [0.25, 0.3) is 6.08 Å². The van der Waals surface area contributed by atoms with E-state index in [0.717, 1.165) is 16.9 Å². The van der Waals surface area contributed by atoms with Crippen molar-refractivity contribution in [1.29, 1.82) is 5.26 Å². The Hall–Kier alpha value is -3.32. The Labute approximate surface area is 141 Å². The highest BCUT2D eigenvalue weighted by Crippen LogP contribution is 2.18. The summed E-state index contributed by atoms with van der Waals surface area (Å²) < 4.78 is 5.25. The van der Waals surface area contributed by atoms with Crippen LogP contribution in [0.2, 0.25) is 0 Å². The molecule has 0 atom stereocenters. The van der Waals surface area contributed by atoms with E-state index in [1.807, 2.05) is 60.7 Å². The summed E-state index contributed by atoms with van der Waals surface area (Å²) >= 11 is 0. The summed E-state index contributed by atoms with van der Waals surface area (Å²) in [4.78, 5) is 12.1. The smallest absolute Gasteiger partial charge is 0.262 e.